The summed E-state index contributed by atoms with van der Waals surface area (Å²) >= 11 is 8.98. The number of methoxy groups -OCH3 is 1. The van der Waals surface area contributed by atoms with Gasteiger partial charge in [0.25, 0.3) is 0 Å². The first-order valence-electron chi connectivity index (χ1n) is 8.69. The average Bonchev–Trinajstić information content (AvgIpc) is 3.18. The smallest absolute Gasteiger partial charge is 0.234 e. The molecule has 0 fully saturated rings. The van der Waals surface area contributed by atoms with Crippen molar-refractivity contribution < 1.29 is 9.53 Å². The Morgan fingerprint density at radius 1 is 1.21 bits per heavy atom. The van der Waals surface area contributed by atoms with Crippen molar-refractivity contribution in [3.8, 4) is 16.9 Å². The van der Waals surface area contributed by atoms with Crippen LogP contribution in [-0.2, 0) is 4.79 Å². The first kappa shape index (κ1) is 19.7. The van der Waals surface area contributed by atoms with Gasteiger partial charge in [-0.25, -0.2) is 9.97 Å². The van der Waals surface area contributed by atoms with E-state index in [9.17, 15) is 4.79 Å². The van der Waals surface area contributed by atoms with Crippen LogP contribution in [0.25, 0.3) is 21.3 Å². The van der Waals surface area contributed by atoms with Crippen LogP contribution in [0.2, 0.25) is 5.02 Å². The number of hydrogen-bond donors (Lipinski definition) is 1. The topological polar surface area (TPSA) is 64.1 Å². The highest BCUT2D eigenvalue weighted by molar-refractivity contribution is 8.00. The van der Waals surface area contributed by atoms with Crippen LogP contribution in [0.3, 0.4) is 0 Å². The summed E-state index contributed by atoms with van der Waals surface area (Å²) in [5.41, 5.74) is 2.72. The lowest BCUT2D eigenvalue weighted by molar-refractivity contribution is -0.113. The number of benzene rings is 2. The zero-order valence-electron chi connectivity index (χ0n) is 15.4. The number of nitrogens with zero attached hydrogens (tertiary/aromatic N) is 2. The number of hydrogen-bond acceptors (Lipinski definition) is 6. The molecule has 0 aliphatic carbocycles. The van der Waals surface area contributed by atoms with Gasteiger partial charge < -0.3 is 10.1 Å². The average molecular weight is 442 g/mol. The second-order valence-corrected chi connectivity index (χ2v) is 8.31. The maximum absolute atomic E-state index is 12.5. The molecule has 0 unspecified atom stereocenters. The van der Waals surface area contributed by atoms with Gasteiger partial charge in [-0.3, -0.25) is 4.79 Å². The van der Waals surface area contributed by atoms with E-state index in [0.29, 0.717) is 16.5 Å². The lowest BCUT2D eigenvalue weighted by Gasteiger charge is -2.10. The molecule has 0 aliphatic rings. The van der Waals surface area contributed by atoms with Crippen molar-refractivity contribution in [1.82, 2.24) is 9.97 Å². The molecule has 0 aliphatic heterocycles. The van der Waals surface area contributed by atoms with Crippen LogP contribution in [0.1, 0.15) is 0 Å². The fourth-order valence-corrected chi connectivity index (χ4v) is 4.85. The molecule has 1 N–H and O–H groups in total. The normalized spacial score (nSPS) is 10.8. The number of rotatable bonds is 6. The van der Waals surface area contributed by atoms with Gasteiger partial charge in [0.05, 0.1) is 23.9 Å². The van der Waals surface area contributed by atoms with Gasteiger partial charge in [0, 0.05) is 16.0 Å². The first-order valence-corrected chi connectivity index (χ1v) is 10.9. The van der Waals surface area contributed by atoms with Crippen molar-refractivity contribution in [2.45, 2.75) is 5.03 Å². The zero-order valence-corrected chi connectivity index (χ0v) is 17.8. The number of anilines is 1. The third-order valence-electron chi connectivity index (χ3n) is 4.20. The highest BCUT2D eigenvalue weighted by atomic mass is 35.5. The Balaban J connectivity index is 1.55. The maximum atomic E-state index is 12.5. The molecule has 29 heavy (non-hydrogen) atoms. The quantitative estimate of drug-likeness (QED) is 0.305. The van der Waals surface area contributed by atoms with E-state index in [1.165, 1.54) is 18.1 Å². The molecule has 1 amide bonds. The summed E-state index contributed by atoms with van der Waals surface area (Å²) in [4.78, 5) is 22.2. The minimum absolute atomic E-state index is 0.168. The molecular formula is C21H16ClN3O2S2. The maximum Gasteiger partial charge on any atom is 0.234 e. The minimum Gasteiger partial charge on any atom is -0.495 e. The zero-order chi connectivity index (χ0) is 20.2. The summed E-state index contributed by atoms with van der Waals surface area (Å²) < 4.78 is 5.28. The third kappa shape index (κ3) is 4.37. The van der Waals surface area contributed by atoms with Crippen LogP contribution in [0.4, 0.5) is 5.69 Å². The molecule has 8 heteroatoms. The number of thioether (sulfide) groups is 1. The summed E-state index contributed by atoms with van der Waals surface area (Å²) in [5.74, 6) is 0.589. The molecule has 2 aromatic heterocycles. The molecular weight excluding hydrogens is 426 g/mol. The van der Waals surface area contributed by atoms with Crippen molar-refractivity contribution in [3.63, 3.8) is 0 Å². The monoisotopic (exact) mass is 441 g/mol. The van der Waals surface area contributed by atoms with E-state index in [-0.39, 0.29) is 11.7 Å². The van der Waals surface area contributed by atoms with E-state index in [0.717, 1.165) is 26.4 Å². The third-order valence-corrected chi connectivity index (χ3v) is 6.31. The van der Waals surface area contributed by atoms with Gasteiger partial charge in [-0.1, -0.05) is 53.7 Å². The van der Waals surface area contributed by atoms with Crippen molar-refractivity contribution >= 4 is 56.5 Å². The fourth-order valence-electron chi connectivity index (χ4n) is 2.89. The molecule has 4 aromatic rings. The van der Waals surface area contributed by atoms with Crippen molar-refractivity contribution in [1.29, 1.82) is 0 Å². The highest BCUT2D eigenvalue weighted by Crippen LogP contribution is 2.37. The Morgan fingerprint density at radius 3 is 2.83 bits per heavy atom. The largest absolute Gasteiger partial charge is 0.495 e. The molecule has 0 spiro atoms. The van der Waals surface area contributed by atoms with Crippen LogP contribution < -0.4 is 10.1 Å². The van der Waals surface area contributed by atoms with Crippen molar-refractivity contribution in [3.05, 3.63) is 65.3 Å². The van der Waals surface area contributed by atoms with E-state index in [4.69, 9.17) is 16.3 Å². The molecule has 5 nitrogen and oxygen atoms in total. The highest BCUT2D eigenvalue weighted by Gasteiger charge is 2.15. The van der Waals surface area contributed by atoms with E-state index >= 15 is 0 Å². The predicted molar refractivity (Wildman–Crippen MR) is 120 cm³/mol. The SMILES string of the molecule is COc1ccc(Cl)cc1NC(=O)CSc1ncnc2scc(-c3ccccc3)c12. The van der Waals surface area contributed by atoms with Gasteiger partial charge in [0.2, 0.25) is 5.91 Å². The van der Waals surface area contributed by atoms with Gasteiger partial charge in [-0.05, 0) is 23.8 Å². The van der Waals surface area contributed by atoms with Crippen LogP contribution in [0, 0.1) is 0 Å². The number of carbonyl (C=O) groups is 1. The number of thiophene rings is 1. The van der Waals surface area contributed by atoms with Crippen molar-refractivity contribution in [2.24, 2.45) is 0 Å². The van der Waals surface area contributed by atoms with Crippen LogP contribution >= 0.6 is 34.7 Å². The van der Waals surface area contributed by atoms with E-state index in [2.05, 4.69) is 32.8 Å². The molecule has 146 valence electrons. The fraction of sp³-hybridized carbons (Fsp3) is 0.0952. The molecule has 0 saturated carbocycles. The summed E-state index contributed by atoms with van der Waals surface area (Å²) in [7, 11) is 1.55. The van der Waals surface area contributed by atoms with Crippen LogP contribution in [0.15, 0.2) is 65.3 Å². The minimum atomic E-state index is -0.168. The molecule has 0 bridgehead atoms. The lowest BCUT2D eigenvalue weighted by Crippen LogP contribution is -2.14. The van der Waals surface area contributed by atoms with Gasteiger partial charge in [-0.2, -0.15) is 0 Å². The number of ether oxygens (including phenoxy) is 1. The summed E-state index contributed by atoms with van der Waals surface area (Å²) in [6.45, 7) is 0. The molecule has 0 saturated heterocycles. The Bertz CT molecular complexity index is 1170. The van der Waals surface area contributed by atoms with E-state index in [1.807, 2.05) is 18.2 Å². The number of nitrogens with one attached hydrogen (secondary N) is 1. The van der Waals surface area contributed by atoms with Gasteiger partial charge in [-0.15, -0.1) is 11.3 Å². The molecule has 4 rings (SSSR count). The Hall–Kier alpha value is -2.61. The van der Waals surface area contributed by atoms with Gasteiger partial charge in [0.1, 0.15) is 21.9 Å². The Kier molecular flexibility index (Phi) is 5.99. The second kappa shape index (κ2) is 8.82. The van der Waals surface area contributed by atoms with E-state index in [1.54, 1.807) is 36.6 Å². The number of aromatic nitrogens is 2. The van der Waals surface area contributed by atoms with E-state index < -0.39 is 0 Å². The number of amides is 1. The van der Waals surface area contributed by atoms with Gasteiger partial charge in [0.15, 0.2) is 0 Å². The first-order chi connectivity index (χ1) is 14.2. The molecule has 2 heterocycles. The summed E-state index contributed by atoms with van der Waals surface area (Å²) in [6.07, 6.45) is 1.54. The second-order valence-electron chi connectivity index (χ2n) is 6.06. The molecule has 2 aromatic carbocycles. The van der Waals surface area contributed by atoms with Crippen LogP contribution in [0.5, 0.6) is 5.75 Å². The van der Waals surface area contributed by atoms with Gasteiger partial charge >= 0.3 is 0 Å². The Morgan fingerprint density at radius 2 is 2.03 bits per heavy atom. The number of carbonyl (C=O) groups excluding carboxylic acids is 1. The number of halogens is 1. The summed E-state index contributed by atoms with van der Waals surface area (Å²) in [5, 5.41) is 7.21. The molecule has 0 atom stereocenters. The standard InChI is InChI=1S/C21H16ClN3O2S2/c1-27-17-8-7-14(22)9-16(17)25-18(26)11-29-21-19-15(13-5-3-2-4-6-13)10-28-20(19)23-12-24-21/h2-10,12H,11H2,1H3,(H,25,26). The Labute approximate surface area is 181 Å². The van der Waals surface area contributed by atoms with Crippen molar-refractivity contribution in [2.75, 3.05) is 18.2 Å². The summed E-state index contributed by atoms with van der Waals surface area (Å²) in [6, 6.07) is 15.2. The predicted octanol–water partition coefficient (Wildman–Crippen LogP) is 5.75. The molecule has 0 radical (unpaired) electrons. The van der Waals surface area contributed by atoms with Crippen LogP contribution in [-0.4, -0.2) is 28.7 Å². The number of fused-ring (bicyclic) bond motifs is 1. The lowest BCUT2D eigenvalue weighted by atomic mass is 10.1.